The van der Waals surface area contributed by atoms with Gasteiger partial charge in [-0.2, -0.15) is 0 Å². The largest absolute Gasteiger partial charge is 0.390 e. The quantitative estimate of drug-likeness (QED) is 0.557. The second-order valence-corrected chi connectivity index (χ2v) is 4.31. The lowest BCUT2D eigenvalue weighted by Crippen LogP contribution is -1.94. The third kappa shape index (κ3) is 4.24. The molecule has 0 heterocycles. The van der Waals surface area contributed by atoms with Crippen molar-refractivity contribution in [3.05, 3.63) is 77.4 Å². The van der Waals surface area contributed by atoms with Gasteiger partial charge in [0.2, 0.25) is 0 Å². The van der Waals surface area contributed by atoms with Crippen molar-refractivity contribution in [2.75, 3.05) is 0 Å². The van der Waals surface area contributed by atoms with E-state index >= 15 is 0 Å². The van der Waals surface area contributed by atoms with E-state index in [1.807, 2.05) is 24.3 Å². The maximum atomic E-state index is 12.7. The number of alkyl halides is 2. The number of nitrogens with zero attached hydrogens (tertiary/aromatic N) is 1. The first kappa shape index (κ1) is 14.9. The summed E-state index contributed by atoms with van der Waals surface area (Å²) in [4.78, 5) is 5.08. The molecule has 0 fully saturated rings. The smallest absolute Gasteiger partial charge is 0.264 e. The molecule has 0 unspecified atom stereocenters. The first-order valence-corrected chi connectivity index (χ1v) is 6.37. The summed E-state index contributed by atoms with van der Waals surface area (Å²) in [6.07, 6.45) is 1.68. The molecule has 2 aromatic carbocycles. The topological polar surface area (TPSA) is 21.6 Å². The molecule has 0 aromatic heterocycles. The summed E-state index contributed by atoms with van der Waals surface area (Å²) >= 11 is 0. The lowest BCUT2D eigenvalue weighted by molar-refractivity contribution is 0.132. The second kappa shape index (κ2) is 7.33. The molecule has 1 radical (unpaired) electrons. The average molecular weight is 286 g/mol. The van der Waals surface area contributed by atoms with Crippen LogP contribution in [0.1, 0.15) is 28.7 Å². The Labute approximate surface area is 122 Å². The maximum absolute atomic E-state index is 12.7. The highest BCUT2D eigenvalue weighted by atomic mass is 19.3. The molecule has 0 aliphatic rings. The number of benzene rings is 2. The molecule has 0 aliphatic carbocycles. The zero-order valence-electron chi connectivity index (χ0n) is 11.3. The third-order valence-electron chi connectivity index (χ3n) is 2.87. The van der Waals surface area contributed by atoms with Crippen LogP contribution < -0.4 is 0 Å². The van der Waals surface area contributed by atoms with E-state index in [1.54, 1.807) is 18.2 Å². The average Bonchev–Trinajstić information content (AvgIpc) is 2.52. The molecule has 107 valence electrons. The summed E-state index contributed by atoms with van der Waals surface area (Å²) in [5.41, 5.74) is 2.06. The van der Waals surface area contributed by atoms with Crippen molar-refractivity contribution in [2.24, 2.45) is 5.16 Å². The summed E-state index contributed by atoms with van der Waals surface area (Å²) in [5.74, 6) is 0. The fraction of sp³-hybridized carbons (Fsp3) is 0.118. The first-order valence-electron chi connectivity index (χ1n) is 6.37. The highest BCUT2D eigenvalue weighted by molar-refractivity contribution is 5.81. The van der Waals surface area contributed by atoms with Crippen molar-refractivity contribution in [3.8, 4) is 0 Å². The second-order valence-electron chi connectivity index (χ2n) is 4.31. The number of halogens is 2. The predicted octanol–water partition coefficient (Wildman–Crippen LogP) is 4.69. The van der Waals surface area contributed by atoms with Crippen molar-refractivity contribution >= 4 is 12.3 Å². The molecule has 0 aliphatic heterocycles. The molecule has 0 spiro atoms. The molecular formula is C17H14F2NO. The summed E-state index contributed by atoms with van der Waals surface area (Å²) in [5, 5.41) is 3.62. The van der Waals surface area contributed by atoms with Gasteiger partial charge in [0.05, 0.1) is 0 Å². The van der Waals surface area contributed by atoms with Crippen molar-refractivity contribution in [1.82, 2.24) is 0 Å². The Balaban J connectivity index is 1.95. The molecule has 21 heavy (non-hydrogen) atoms. The Kier molecular flexibility index (Phi) is 5.21. The minimum Gasteiger partial charge on any atom is -0.390 e. The summed E-state index contributed by atoms with van der Waals surface area (Å²) < 4.78 is 25.5. The SMILES string of the molecule is C=Cc1ccc(CO/N=[C]\c2ccccc2C(F)F)cc1. The molecule has 0 bridgehead atoms. The molecule has 0 atom stereocenters. The van der Waals surface area contributed by atoms with E-state index < -0.39 is 6.43 Å². The van der Waals surface area contributed by atoms with E-state index in [4.69, 9.17) is 4.84 Å². The number of rotatable bonds is 6. The Morgan fingerprint density at radius 3 is 2.52 bits per heavy atom. The third-order valence-corrected chi connectivity index (χ3v) is 2.87. The van der Waals surface area contributed by atoms with E-state index in [-0.39, 0.29) is 17.7 Å². The molecule has 0 saturated heterocycles. The van der Waals surface area contributed by atoms with Crippen LogP contribution >= 0.6 is 0 Å². The Bertz CT molecular complexity index is 621. The van der Waals surface area contributed by atoms with Gasteiger partial charge in [-0.05, 0) is 11.1 Å². The van der Waals surface area contributed by atoms with Gasteiger partial charge in [0.25, 0.3) is 6.43 Å². The molecule has 0 amide bonds. The molecule has 4 heteroatoms. The normalized spacial score (nSPS) is 11.0. The van der Waals surface area contributed by atoms with Gasteiger partial charge in [-0.15, -0.1) is 0 Å². The van der Waals surface area contributed by atoms with E-state index in [2.05, 4.69) is 17.9 Å². The molecule has 0 N–H and O–H groups in total. The van der Waals surface area contributed by atoms with Gasteiger partial charge >= 0.3 is 0 Å². The Morgan fingerprint density at radius 2 is 1.86 bits per heavy atom. The highest BCUT2D eigenvalue weighted by Gasteiger charge is 2.10. The molecular weight excluding hydrogens is 272 g/mol. The van der Waals surface area contributed by atoms with Crippen LogP contribution in [0.2, 0.25) is 0 Å². The number of hydrogen-bond acceptors (Lipinski definition) is 2. The van der Waals surface area contributed by atoms with Gasteiger partial charge in [-0.25, -0.2) is 8.78 Å². The summed E-state index contributed by atoms with van der Waals surface area (Å²) in [6.45, 7) is 3.92. The monoisotopic (exact) mass is 286 g/mol. The van der Waals surface area contributed by atoms with Gasteiger partial charge in [0.1, 0.15) is 12.8 Å². The fourth-order valence-electron chi connectivity index (χ4n) is 1.73. The number of hydrogen-bond donors (Lipinski definition) is 0. The van der Waals surface area contributed by atoms with E-state index in [0.29, 0.717) is 0 Å². The van der Waals surface area contributed by atoms with Crippen LogP contribution in [0.25, 0.3) is 6.08 Å². The summed E-state index contributed by atoms with van der Waals surface area (Å²) in [6, 6.07) is 13.7. The molecule has 2 nitrogen and oxygen atoms in total. The minimum absolute atomic E-state index is 0.111. The van der Waals surface area contributed by atoms with Crippen LogP contribution in [0.4, 0.5) is 8.78 Å². The van der Waals surface area contributed by atoms with Crippen molar-refractivity contribution in [1.29, 1.82) is 0 Å². The molecule has 2 aromatic rings. The predicted molar refractivity (Wildman–Crippen MR) is 79.3 cm³/mol. The van der Waals surface area contributed by atoms with Crippen molar-refractivity contribution < 1.29 is 13.6 Å². The zero-order valence-corrected chi connectivity index (χ0v) is 11.3. The van der Waals surface area contributed by atoms with Crippen LogP contribution in [-0.2, 0) is 11.4 Å². The molecule has 0 saturated carbocycles. The Hall–Kier alpha value is -2.49. The summed E-state index contributed by atoms with van der Waals surface area (Å²) in [7, 11) is 0. The van der Waals surface area contributed by atoms with Gasteiger partial charge in [-0.1, -0.05) is 66.3 Å². The Morgan fingerprint density at radius 1 is 1.14 bits per heavy atom. The first-order chi connectivity index (χ1) is 10.2. The minimum atomic E-state index is -2.56. The van der Waals surface area contributed by atoms with Gasteiger partial charge in [0, 0.05) is 11.1 Å². The standard InChI is InChI=1S/C17H14F2NO/c1-2-13-7-9-14(10-8-13)12-21-20-11-15-5-3-4-6-16(15)17(18)19/h2-10,17H,1,12H2. The van der Waals surface area contributed by atoms with Gasteiger partial charge < -0.3 is 4.84 Å². The van der Waals surface area contributed by atoms with Crippen LogP contribution in [0.5, 0.6) is 0 Å². The fourth-order valence-corrected chi connectivity index (χ4v) is 1.73. The van der Waals surface area contributed by atoms with Gasteiger partial charge in [-0.3, -0.25) is 0 Å². The molecule has 2 rings (SSSR count). The van der Waals surface area contributed by atoms with E-state index in [0.717, 1.165) is 11.1 Å². The van der Waals surface area contributed by atoms with Crippen LogP contribution in [-0.4, -0.2) is 6.21 Å². The lowest BCUT2D eigenvalue weighted by atomic mass is 10.1. The van der Waals surface area contributed by atoms with Crippen LogP contribution in [0, 0.1) is 0 Å². The van der Waals surface area contributed by atoms with E-state index in [9.17, 15) is 8.78 Å². The zero-order chi connectivity index (χ0) is 15.1. The van der Waals surface area contributed by atoms with Gasteiger partial charge in [0.15, 0.2) is 0 Å². The van der Waals surface area contributed by atoms with Crippen LogP contribution in [0.3, 0.4) is 0 Å². The van der Waals surface area contributed by atoms with Crippen LogP contribution in [0.15, 0.2) is 60.3 Å². The van der Waals surface area contributed by atoms with Crippen molar-refractivity contribution in [3.63, 3.8) is 0 Å². The maximum Gasteiger partial charge on any atom is 0.264 e. The lowest BCUT2D eigenvalue weighted by Gasteiger charge is -2.03. The van der Waals surface area contributed by atoms with Crippen molar-refractivity contribution in [2.45, 2.75) is 13.0 Å². The highest BCUT2D eigenvalue weighted by Crippen LogP contribution is 2.21. The van der Waals surface area contributed by atoms with E-state index in [1.165, 1.54) is 12.1 Å².